The summed E-state index contributed by atoms with van der Waals surface area (Å²) in [4.78, 5) is 0.405. The third-order valence-electron chi connectivity index (χ3n) is 3.20. The minimum Gasteiger partial charge on any atom is -0.496 e. The molecule has 0 amide bonds. The van der Waals surface area contributed by atoms with Crippen LogP contribution in [0.3, 0.4) is 0 Å². The summed E-state index contributed by atoms with van der Waals surface area (Å²) in [7, 11) is -1.64. The third-order valence-corrected chi connectivity index (χ3v) is 4.38. The number of sulfone groups is 1. The Bertz CT molecular complexity index is 550. The van der Waals surface area contributed by atoms with Gasteiger partial charge >= 0.3 is 0 Å². The summed E-state index contributed by atoms with van der Waals surface area (Å²) in [6.45, 7) is 3.98. The number of ether oxygens (including phenoxy) is 1. The number of methoxy groups -OCH3 is 1. The number of unbranched alkanes of at least 4 members (excludes halogenated alkanes) is 1. The van der Waals surface area contributed by atoms with Gasteiger partial charge in [-0.2, -0.15) is 0 Å². The lowest BCUT2D eigenvalue weighted by Crippen LogP contribution is -2.19. The molecule has 0 saturated carbocycles. The maximum atomic E-state index is 12.0. The van der Waals surface area contributed by atoms with Crippen LogP contribution in [0.25, 0.3) is 0 Å². The molecule has 0 radical (unpaired) electrons. The molecule has 0 aromatic heterocycles. The fraction of sp³-hybridized carbons (Fsp3) is 0.600. The second-order valence-corrected chi connectivity index (χ2v) is 7.31. The van der Waals surface area contributed by atoms with Crippen LogP contribution in [0, 0.1) is 0 Å². The molecular weight excluding hydrogens is 274 g/mol. The van der Waals surface area contributed by atoms with E-state index in [0.717, 1.165) is 36.1 Å². The third kappa shape index (κ3) is 4.49. The molecule has 4 nitrogen and oxygen atoms in total. The molecule has 0 saturated heterocycles. The Morgan fingerprint density at radius 1 is 1.30 bits per heavy atom. The highest BCUT2D eigenvalue weighted by Crippen LogP contribution is 2.29. The van der Waals surface area contributed by atoms with Crippen LogP contribution in [-0.4, -0.2) is 27.8 Å². The molecule has 5 heteroatoms. The number of rotatable bonds is 7. The Balaban J connectivity index is 3.36. The number of nitrogens with two attached hydrogens (primary N) is 1. The first-order valence-corrected chi connectivity index (χ1v) is 8.84. The SMILES string of the molecule is CCCCc1cc(OC)c(CC(C)N)cc1S(C)(=O)=O. The molecule has 1 rings (SSSR count). The fourth-order valence-corrected chi connectivity index (χ4v) is 3.24. The van der Waals surface area contributed by atoms with Crippen molar-refractivity contribution in [2.75, 3.05) is 13.4 Å². The van der Waals surface area contributed by atoms with E-state index in [9.17, 15) is 8.42 Å². The Kier molecular flexibility index (Phi) is 6.02. The predicted molar refractivity (Wildman–Crippen MR) is 82.1 cm³/mol. The monoisotopic (exact) mass is 299 g/mol. The van der Waals surface area contributed by atoms with Crippen molar-refractivity contribution in [1.82, 2.24) is 0 Å². The van der Waals surface area contributed by atoms with Gasteiger partial charge in [-0.15, -0.1) is 0 Å². The maximum absolute atomic E-state index is 12.0. The molecule has 0 heterocycles. The Labute approximate surface area is 122 Å². The van der Waals surface area contributed by atoms with E-state index in [-0.39, 0.29) is 6.04 Å². The van der Waals surface area contributed by atoms with E-state index < -0.39 is 9.84 Å². The summed E-state index contributed by atoms with van der Waals surface area (Å²) < 4.78 is 29.3. The van der Waals surface area contributed by atoms with Gasteiger partial charge in [0.25, 0.3) is 0 Å². The molecule has 20 heavy (non-hydrogen) atoms. The highest BCUT2D eigenvalue weighted by atomic mass is 32.2. The lowest BCUT2D eigenvalue weighted by Gasteiger charge is -2.16. The van der Waals surface area contributed by atoms with Crippen molar-refractivity contribution < 1.29 is 13.2 Å². The number of aryl methyl sites for hydroxylation is 1. The van der Waals surface area contributed by atoms with Gasteiger partial charge in [0.2, 0.25) is 0 Å². The zero-order valence-corrected chi connectivity index (χ0v) is 13.6. The maximum Gasteiger partial charge on any atom is 0.175 e. The fourth-order valence-electron chi connectivity index (χ4n) is 2.25. The molecule has 1 aromatic carbocycles. The van der Waals surface area contributed by atoms with Crippen molar-refractivity contribution in [1.29, 1.82) is 0 Å². The first-order chi connectivity index (χ1) is 9.29. The van der Waals surface area contributed by atoms with Crippen LogP contribution in [0.15, 0.2) is 17.0 Å². The van der Waals surface area contributed by atoms with E-state index in [2.05, 4.69) is 6.92 Å². The number of hydrogen-bond donors (Lipinski definition) is 1. The quantitative estimate of drug-likeness (QED) is 0.839. The van der Waals surface area contributed by atoms with Crippen LogP contribution in [0.4, 0.5) is 0 Å². The number of hydrogen-bond acceptors (Lipinski definition) is 4. The Morgan fingerprint density at radius 2 is 1.95 bits per heavy atom. The van der Waals surface area contributed by atoms with Gasteiger partial charge in [0, 0.05) is 12.3 Å². The average molecular weight is 299 g/mol. The van der Waals surface area contributed by atoms with Gasteiger partial charge in [0.05, 0.1) is 12.0 Å². The van der Waals surface area contributed by atoms with Gasteiger partial charge in [-0.1, -0.05) is 13.3 Å². The molecule has 0 aliphatic carbocycles. The van der Waals surface area contributed by atoms with E-state index >= 15 is 0 Å². The van der Waals surface area contributed by atoms with E-state index in [1.807, 2.05) is 13.0 Å². The lowest BCUT2D eigenvalue weighted by molar-refractivity contribution is 0.407. The zero-order valence-electron chi connectivity index (χ0n) is 12.8. The van der Waals surface area contributed by atoms with Crippen molar-refractivity contribution in [2.45, 2.75) is 50.5 Å². The summed E-state index contributed by atoms with van der Waals surface area (Å²) in [6, 6.07) is 3.53. The lowest BCUT2D eigenvalue weighted by atomic mass is 10.0. The summed E-state index contributed by atoms with van der Waals surface area (Å²) in [6.07, 6.45) is 4.57. The minimum atomic E-state index is -3.24. The summed E-state index contributed by atoms with van der Waals surface area (Å²) in [5.74, 6) is 0.723. The molecule has 2 N–H and O–H groups in total. The Morgan fingerprint density at radius 3 is 2.40 bits per heavy atom. The first-order valence-electron chi connectivity index (χ1n) is 6.95. The van der Waals surface area contributed by atoms with Crippen LogP contribution in [0.1, 0.15) is 37.8 Å². The molecule has 1 unspecified atom stereocenters. The van der Waals surface area contributed by atoms with Crippen LogP contribution >= 0.6 is 0 Å². The summed E-state index contributed by atoms with van der Waals surface area (Å²) in [5, 5.41) is 0. The number of benzene rings is 1. The second kappa shape index (κ2) is 7.09. The highest BCUT2D eigenvalue weighted by molar-refractivity contribution is 7.90. The smallest absolute Gasteiger partial charge is 0.175 e. The van der Waals surface area contributed by atoms with E-state index in [1.165, 1.54) is 6.26 Å². The molecule has 1 aromatic rings. The summed E-state index contributed by atoms with van der Waals surface area (Å²) in [5.41, 5.74) is 7.50. The largest absolute Gasteiger partial charge is 0.496 e. The molecule has 1 atom stereocenters. The van der Waals surface area contributed by atoms with Crippen molar-refractivity contribution in [3.8, 4) is 5.75 Å². The van der Waals surface area contributed by atoms with Crippen molar-refractivity contribution in [3.63, 3.8) is 0 Å². The van der Waals surface area contributed by atoms with Gasteiger partial charge in [-0.3, -0.25) is 0 Å². The molecule has 0 aliphatic rings. The van der Waals surface area contributed by atoms with Crippen molar-refractivity contribution >= 4 is 9.84 Å². The van der Waals surface area contributed by atoms with Gasteiger partial charge in [-0.05, 0) is 49.4 Å². The van der Waals surface area contributed by atoms with Gasteiger partial charge < -0.3 is 10.5 Å². The molecule has 0 aliphatic heterocycles. The van der Waals surface area contributed by atoms with Crippen LogP contribution < -0.4 is 10.5 Å². The Hall–Kier alpha value is -1.07. The van der Waals surface area contributed by atoms with Gasteiger partial charge in [-0.25, -0.2) is 8.42 Å². The van der Waals surface area contributed by atoms with Gasteiger partial charge in [0.15, 0.2) is 9.84 Å². The molecule has 114 valence electrons. The molecule has 0 bridgehead atoms. The standard InChI is InChI=1S/C15H25NO3S/c1-5-6-7-12-9-14(19-3)13(8-11(2)16)10-15(12)20(4,17)18/h9-11H,5-8,16H2,1-4H3. The van der Waals surface area contributed by atoms with Crippen LogP contribution in [-0.2, 0) is 22.7 Å². The molecule has 0 fully saturated rings. The van der Waals surface area contributed by atoms with E-state index in [0.29, 0.717) is 11.3 Å². The van der Waals surface area contributed by atoms with Gasteiger partial charge in [0.1, 0.15) is 5.75 Å². The highest BCUT2D eigenvalue weighted by Gasteiger charge is 2.18. The van der Waals surface area contributed by atoms with E-state index in [1.54, 1.807) is 13.2 Å². The van der Waals surface area contributed by atoms with Crippen LogP contribution in [0.2, 0.25) is 0 Å². The first kappa shape index (κ1) is 17.0. The second-order valence-electron chi connectivity index (χ2n) is 5.33. The summed E-state index contributed by atoms with van der Waals surface area (Å²) >= 11 is 0. The van der Waals surface area contributed by atoms with E-state index in [4.69, 9.17) is 10.5 Å². The zero-order chi connectivity index (χ0) is 15.3. The normalized spacial score (nSPS) is 13.2. The average Bonchev–Trinajstić information content (AvgIpc) is 2.34. The minimum absolute atomic E-state index is 0.0437. The van der Waals surface area contributed by atoms with Crippen LogP contribution in [0.5, 0.6) is 5.75 Å². The van der Waals surface area contributed by atoms with Crippen molar-refractivity contribution in [2.24, 2.45) is 5.73 Å². The topological polar surface area (TPSA) is 69.4 Å². The molecule has 0 spiro atoms. The van der Waals surface area contributed by atoms with Crippen molar-refractivity contribution in [3.05, 3.63) is 23.3 Å². The molecular formula is C15H25NO3S. The predicted octanol–water partition coefficient (Wildman–Crippen LogP) is 2.33.